The molecule has 608 valence electrons. The third-order valence-electron chi connectivity index (χ3n) is 14.8. The molecule has 21 nitrogen and oxygen atoms in total. The number of carbonyl (C=O) groups excluding carboxylic acids is 8. The Morgan fingerprint density at radius 3 is 1.06 bits per heavy atom. The largest absolute Gasteiger partial charge is 0.478 e. The van der Waals surface area contributed by atoms with Crippen LogP contribution >= 0.6 is 31.9 Å². The van der Waals surface area contributed by atoms with Gasteiger partial charge in [0, 0.05) is 76.4 Å². The SMILES string of the molecule is C#CCC.CCC#CC#Cc1ccc(C(=O)N[C@H](C(=O)NO)C(C)(C)N)cc1.CCC#CC#Cc1ccc(C(=O)N[C@H](C(=O)OC)C(C)(C)CC(=O)OC(C)(C)C)cc1.CCC#CC#Cc1ccc(C(=O)O)cc1.CCC#CC#Cc1ccc(C(=O)OC)cc1.CCC(C)(C)[C@H](N)C(=O)OC.COC(=O)c1ccc(C=C(Br)Br)cc1. The highest BCUT2D eigenvalue weighted by atomic mass is 79.9. The number of amides is 3. The van der Waals surface area contributed by atoms with Crippen LogP contribution in [-0.2, 0) is 42.9 Å². The molecule has 0 radical (unpaired) electrons. The van der Waals surface area contributed by atoms with Crippen LogP contribution in [-0.4, -0.2) is 122 Å². The van der Waals surface area contributed by atoms with Gasteiger partial charge in [-0.3, -0.25) is 29.2 Å². The van der Waals surface area contributed by atoms with Gasteiger partial charge in [-0.1, -0.05) is 129 Å². The van der Waals surface area contributed by atoms with E-state index in [1.165, 1.54) is 46.1 Å². The first kappa shape index (κ1) is 105. The zero-order valence-electron chi connectivity index (χ0n) is 68.9. The third kappa shape index (κ3) is 46.5. The van der Waals surface area contributed by atoms with Crippen molar-refractivity contribution < 1.29 is 77.1 Å². The maximum absolute atomic E-state index is 12.8. The molecule has 0 heterocycles. The van der Waals surface area contributed by atoms with Crippen molar-refractivity contribution in [1.29, 1.82) is 0 Å². The van der Waals surface area contributed by atoms with E-state index >= 15 is 0 Å². The zero-order chi connectivity index (χ0) is 87.8. The van der Waals surface area contributed by atoms with Gasteiger partial charge in [-0.15, -0.1) is 12.3 Å². The quantitative estimate of drug-likeness (QED) is 0.0149. The summed E-state index contributed by atoms with van der Waals surface area (Å²) in [6, 6.07) is 31.0. The smallest absolute Gasteiger partial charge is 0.337 e. The van der Waals surface area contributed by atoms with Crippen LogP contribution in [0.3, 0.4) is 0 Å². The number of aromatic carboxylic acids is 1. The van der Waals surface area contributed by atoms with E-state index in [2.05, 4.69) is 157 Å². The lowest BCUT2D eigenvalue weighted by atomic mass is 9.80. The van der Waals surface area contributed by atoms with E-state index in [0.29, 0.717) is 22.3 Å². The van der Waals surface area contributed by atoms with Crippen molar-refractivity contribution in [2.24, 2.45) is 22.3 Å². The number of methoxy groups -OCH3 is 4. The second kappa shape index (κ2) is 57.9. The standard InChI is InChI=1S/C25H31NO5.C18H21N3O3.C14H12O2.C13H10O2.C10H8Br2O2.C8H17NO2.C4H6/c1-8-9-10-11-12-18-13-15-19(16-14-18)22(28)26-21(23(29)30-7)25(5,6)17-20(27)31-24(2,3)4;1-4-5-6-7-8-13-9-11-14(12-10-13)16(22)20-15(17(23)21-24)18(2,3)19;1-3-4-5-6-7-12-8-10-13(11-9-12)14(15)16-2;1-2-3-4-5-6-11-7-9-12(10-8-11)13(14)15;1-14-10(13)8-4-2-7(3-5-8)6-9(11)12;1-5-8(2,3)6(9)7(10)11-4;1-3-4-2/h13-16,21H,8,17H2,1-7H3,(H,26,28);9-12,15,24H,4,19H2,1-3H3,(H,20,22)(H,21,23);8-11H,3H2,1-2H3;7-10H,2H2,1H3,(H,14,15);2-6H,1H3;6H,5,9H2,1-4H3;1H,4H2,2H3/t21-;15-;;;;6-;/m11...1./s1. The number of terminal acetylenes is 1. The summed E-state index contributed by atoms with van der Waals surface area (Å²) in [6.45, 7) is 27.5. The molecule has 0 spiro atoms. The molecule has 0 aliphatic rings. The molecule has 0 unspecified atom stereocenters. The number of carbonyl (C=O) groups is 9. The third-order valence-corrected chi connectivity index (χ3v) is 15.3. The van der Waals surface area contributed by atoms with Crippen molar-refractivity contribution in [1.82, 2.24) is 16.1 Å². The Morgan fingerprint density at radius 1 is 0.470 bits per heavy atom. The topological polar surface area (TPSA) is 328 Å². The molecule has 23 heteroatoms. The molecule has 0 aromatic heterocycles. The van der Waals surface area contributed by atoms with Gasteiger partial charge in [-0.05, 0) is 247 Å². The molecule has 3 atom stereocenters. The van der Waals surface area contributed by atoms with E-state index in [1.807, 2.05) is 73.6 Å². The van der Waals surface area contributed by atoms with Crippen LogP contribution in [0.5, 0.6) is 0 Å². The number of nitrogens with two attached hydrogens (primary N) is 2. The number of carboxylic acid groups (broad SMARTS) is 1. The minimum Gasteiger partial charge on any atom is -0.478 e. The fourth-order valence-electron chi connectivity index (χ4n) is 8.11. The fraction of sp³-hybridized carbons (Fsp3) is 0.359. The second-order valence-corrected chi connectivity index (χ2v) is 29.3. The number of halogens is 2. The molecule has 115 heavy (non-hydrogen) atoms. The molecule has 0 aliphatic heterocycles. The molecule has 0 saturated heterocycles. The number of carboxylic acids is 1. The summed E-state index contributed by atoms with van der Waals surface area (Å²) in [5, 5.41) is 22.6. The van der Waals surface area contributed by atoms with Crippen molar-refractivity contribution >= 4 is 91.5 Å². The van der Waals surface area contributed by atoms with Crippen molar-refractivity contribution in [3.8, 4) is 107 Å². The van der Waals surface area contributed by atoms with Crippen LogP contribution in [0.4, 0.5) is 0 Å². The van der Waals surface area contributed by atoms with Crippen LogP contribution in [0.15, 0.2) is 125 Å². The van der Waals surface area contributed by atoms with Crippen LogP contribution in [0, 0.1) is 118 Å². The first-order chi connectivity index (χ1) is 54.2. The average molecular weight is 1700 g/mol. The number of hydroxylamine groups is 1. The lowest BCUT2D eigenvalue weighted by molar-refractivity contribution is -0.159. The Kier molecular flexibility index (Phi) is 52.9. The molecule has 5 aromatic rings. The van der Waals surface area contributed by atoms with Gasteiger partial charge < -0.3 is 50.9 Å². The molecule has 0 aliphatic carbocycles. The lowest BCUT2D eigenvalue weighted by Crippen LogP contribution is -2.61. The number of nitrogens with one attached hydrogen (secondary N) is 3. The summed E-state index contributed by atoms with van der Waals surface area (Å²) in [7, 11) is 5.31. The molecule has 0 saturated carbocycles. The molecule has 3 amide bonds. The summed E-state index contributed by atoms with van der Waals surface area (Å²) in [5.74, 6) is 42.3. The van der Waals surface area contributed by atoms with Crippen LogP contribution in [0.25, 0.3) is 6.08 Å². The average Bonchev–Trinajstić information content (AvgIpc) is 0.795. The number of esters is 5. The minimum absolute atomic E-state index is 0.0718. The highest BCUT2D eigenvalue weighted by Crippen LogP contribution is 2.29. The highest BCUT2D eigenvalue weighted by molar-refractivity contribution is 9.28. The van der Waals surface area contributed by atoms with E-state index in [4.69, 9.17) is 37.7 Å². The minimum atomic E-state index is -1.08. The molecule has 9 N–H and O–H groups in total. The highest BCUT2D eigenvalue weighted by Gasteiger charge is 2.40. The molecule has 5 aromatic carbocycles. The van der Waals surface area contributed by atoms with E-state index in [-0.39, 0.29) is 35.3 Å². The Balaban J connectivity index is 0. The number of rotatable bonds is 17. The predicted molar refractivity (Wildman–Crippen MR) is 458 cm³/mol. The lowest BCUT2D eigenvalue weighted by Gasteiger charge is -2.33. The van der Waals surface area contributed by atoms with E-state index in [0.717, 1.165) is 69.7 Å². The van der Waals surface area contributed by atoms with Gasteiger partial charge in [0.05, 0.1) is 54.9 Å². The summed E-state index contributed by atoms with van der Waals surface area (Å²) >= 11 is 6.52. The summed E-state index contributed by atoms with van der Waals surface area (Å²) in [4.78, 5) is 105. The number of ether oxygens (including phenoxy) is 5. The Bertz CT molecular complexity index is 4620. The molecule has 0 bridgehead atoms. The summed E-state index contributed by atoms with van der Waals surface area (Å²) < 4.78 is 24.8. The van der Waals surface area contributed by atoms with Gasteiger partial charge in [0.1, 0.15) is 23.7 Å². The molecular weight excluding hydrogens is 1590 g/mol. The molecule has 5 rings (SSSR count). The summed E-state index contributed by atoms with van der Waals surface area (Å²) in [6.07, 6.45) is 11.4. The van der Waals surface area contributed by atoms with Crippen molar-refractivity contribution in [2.75, 3.05) is 28.4 Å². The second-order valence-electron chi connectivity index (χ2n) is 26.6. The maximum atomic E-state index is 12.8. The van der Waals surface area contributed by atoms with Crippen LogP contribution in [0.2, 0.25) is 0 Å². The molecular formula is C92H105Br2N5O16. The Labute approximate surface area is 696 Å². The first-order valence-electron chi connectivity index (χ1n) is 36.0. The first-order valence-corrected chi connectivity index (χ1v) is 37.6. The van der Waals surface area contributed by atoms with Gasteiger partial charge in [0.25, 0.3) is 17.7 Å². The van der Waals surface area contributed by atoms with Crippen LogP contribution < -0.4 is 27.6 Å². The summed E-state index contributed by atoms with van der Waals surface area (Å²) in [5.41, 5.74) is 16.3. The van der Waals surface area contributed by atoms with Crippen molar-refractivity contribution in [3.05, 3.63) is 180 Å². The predicted octanol–water partition coefficient (Wildman–Crippen LogP) is 14.2. The van der Waals surface area contributed by atoms with Gasteiger partial charge in [0.15, 0.2) is 0 Å². The monoisotopic (exact) mass is 1690 g/mol. The van der Waals surface area contributed by atoms with Gasteiger partial charge in [-0.2, -0.15) is 0 Å². The van der Waals surface area contributed by atoms with Gasteiger partial charge >= 0.3 is 35.8 Å². The molecule has 0 fully saturated rings. The van der Waals surface area contributed by atoms with Crippen molar-refractivity contribution in [3.63, 3.8) is 0 Å². The van der Waals surface area contributed by atoms with Gasteiger partial charge in [0.2, 0.25) is 0 Å². The van der Waals surface area contributed by atoms with Crippen LogP contribution in [0.1, 0.15) is 228 Å². The number of hydrogen-bond donors (Lipinski definition) is 7. The van der Waals surface area contributed by atoms with E-state index < -0.39 is 70.3 Å². The fourth-order valence-corrected chi connectivity index (χ4v) is 8.64. The van der Waals surface area contributed by atoms with Crippen molar-refractivity contribution in [2.45, 2.75) is 178 Å². The number of hydrogen-bond acceptors (Lipinski definition) is 17. The Morgan fingerprint density at radius 2 is 0.791 bits per heavy atom. The zero-order valence-corrected chi connectivity index (χ0v) is 72.1. The maximum Gasteiger partial charge on any atom is 0.337 e. The van der Waals surface area contributed by atoms with E-state index in [1.54, 1.807) is 146 Å². The number of benzene rings is 5. The van der Waals surface area contributed by atoms with Gasteiger partial charge in [-0.25, -0.2) is 24.7 Å². The Hall–Kier alpha value is -12.1. The normalized spacial score (nSPS) is 10.4. The van der Waals surface area contributed by atoms with E-state index in [9.17, 15) is 43.2 Å².